The van der Waals surface area contributed by atoms with Crippen molar-refractivity contribution in [1.29, 1.82) is 0 Å². The van der Waals surface area contributed by atoms with Gasteiger partial charge in [0.25, 0.3) is 0 Å². The summed E-state index contributed by atoms with van der Waals surface area (Å²) >= 11 is 1.67. The maximum absolute atomic E-state index is 13.2. The molecule has 0 aromatic heterocycles. The van der Waals surface area contributed by atoms with Gasteiger partial charge in [-0.2, -0.15) is 0 Å². The molecule has 0 atom stereocenters. The number of nitrogens with one attached hydrogen (secondary N) is 1. The minimum atomic E-state index is -0.294. The maximum atomic E-state index is 13.2. The molecule has 1 aliphatic heterocycles. The van der Waals surface area contributed by atoms with Crippen molar-refractivity contribution >= 4 is 23.4 Å². The molecule has 1 N–H and O–H groups in total. The van der Waals surface area contributed by atoms with Gasteiger partial charge in [-0.1, -0.05) is 0 Å². The fraction of sp³-hybridized carbons (Fsp3) is 0.417. The standard InChI is InChI=1S/C12H15FN2OS/c1-14-5-4-12(16)15-6-7-17-11-3-2-9(13)8-10(11)15/h2-3,8,14H,4-7H2,1H3. The minimum absolute atomic E-state index is 0.0477. The zero-order valence-electron chi connectivity index (χ0n) is 9.70. The van der Waals surface area contributed by atoms with Crippen LogP contribution in [0.25, 0.3) is 0 Å². The summed E-state index contributed by atoms with van der Waals surface area (Å²) in [6, 6.07) is 4.62. The summed E-state index contributed by atoms with van der Waals surface area (Å²) < 4.78 is 13.2. The first-order valence-electron chi connectivity index (χ1n) is 5.59. The Bertz CT molecular complexity index is 425. The molecule has 17 heavy (non-hydrogen) atoms. The number of carbonyl (C=O) groups excluding carboxylic acids is 1. The Kier molecular flexibility index (Phi) is 4.02. The maximum Gasteiger partial charge on any atom is 0.228 e. The van der Waals surface area contributed by atoms with Crippen LogP contribution in [0, 0.1) is 5.82 Å². The highest BCUT2D eigenvalue weighted by atomic mass is 32.2. The minimum Gasteiger partial charge on any atom is -0.319 e. The molecule has 5 heteroatoms. The van der Waals surface area contributed by atoms with Crippen molar-refractivity contribution in [2.75, 3.05) is 30.8 Å². The third-order valence-electron chi connectivity index (χ3n) is 2.67. The molecule has 0 radical (unpaired) electrons. The average molecular weight is 254 g/mol. The van der Waals surface area contributed by atoms with E-state index in [-0.39, 0.29) is 11.7 Å². The van der Waals surface area contributed by atoms with Gasteiger partial charge < -0.3 is 10.2 Å². The molecule has 92 valence electrons. The van der Waals surface area contributed by atoms with Crippen molar-refractivity contribution in [2.45, 2.75) is 11.3 Å². The van der Waals surface area contributed by atoms with Crippen LogP contribution in [0.15, 0.2) is 23.1 Å². The molecule has 0 saturated carbocycles. The van der Waals surface area contributed by atoms with Crippen molar-refractivity contribution in [1.82, 2.24) is 5.32 Å². The van der Waals surface area contributed by atoms with E-state index >= 15 is 0 Å². The second-order valence-corrected chi connectivity index (χ2v) is 5.00. The summed E-state index contributed by atoms with van der Waals surface area (Å²) in [7, 11) is 1.81. The van der Waals surface area contributed by atoms with Crippen LogP contribution < -0.4 is 10.2 Å². The van der Waals surface area contributed by atoms with Crippen molar-refractivity contribution in [3.63, 3.8) is 0 Å². The predicted molar refractivity (Wildman–Crippen MR) is 68.0 cm³/mol. The number of rotatable bonds is 3. The smallest absolute Gasteiger partial charge is 0.228 e. The van der Waals surface area contributed by atoms with Crippen molar-refractivity contribution in [2.24, 2.45) is 0 Å². The van der Waals surface area contributed by atoms with Gasteiger partial charge in [0.05, 0.1) is 5.69 Å². The van der Waals surface area contributed by atoms with Gasteiger partial charge in [0.2, 0.25) is 5.91 Å². The second kappa shape index (κ2) is 5.51. The van der Waals surface area contributed by atoms with Crippen LogP contribution in [0.3, 0.4) is 0 Å². The van der Waals surface area contributed by atoms with Gasteiger partial charge in [-0.3, -0.25) is 4.79 Å². The summed E-state index contributed by atoms with van der Waals surface area (Å²) in [4.78, 5) is 14.7. The van der Waals surface area contributed by atoms with E-state index in [1.807, 2.05) is 7.05 Å². The molecule has 3 nitrogen and oxygen atoms in total. The Morgan fingerprint density at radius 1 is 1.59 bits per heavy atom. The van der Waals surface area contributed by atoms with Crippen LogP contribution in [-0.2, 0) is 4.79 Å². The lowest BCUT2D eigenvalue weighted by Crippen LogP contribution is -2.36. The van der Waals surface area contributed by atoms with Gasteiger partial charge in [-0.05, 0) is 25.2 Å². The Morgan fingerprint density at radius 2 is 2.41 bits per heavy atom. The number of hydrogen-bond acceptors (Lipinski definition) is 3. The van der Waals surface area contributed by atoms with Crippen molar-refractivity contribution < 1.29 is 9.18 Å². The Labute approximate surface area is 104 Å². The number of halogens is 1. The lowest BCUT2D eigenvalue weighted by Gasteiger charge is -2.29. The number of thioether (sulfide) groups is 1. The van der Waals surface area contributed by atoms with E-state index < -0.39 is 0 Å². The third-order valence-corrected chi connectivity index (χ3v) is 3.72. The summed E-state index contributed by atoms with van der Waals surface area (Å²) in [5.74, 6) is 0.619. The monoisotopic (exact) mass is 254 g/mol. The molecule has 0 spiro atoms. The summed E-state index contributed by atoms with van der Waals surface area (Å²) in [6.45, 7) is 1.30. The molecular formula is C12H15FN2OS. The SMILES string of the molecule is CNCCC(=O)N1CCSc2ccc(F)cc21. The number of anilines is 1. The number of nitrogens with zero attached hydrogens (tertiary/aromatic N) is 1. The normalized spacial score (nSPS) is 14.6. The van der Waals surface area contributed by atoms with E-state index in [4.69, 9.17) is 0 Å². The van der Waals surface area contributed by atoms with Crippen LogP contribution in [0.1, 0.15) is 6.42 Å². The molecule has 1 aromatic carbocycles. The lowest BCUT2D eigenvalue weighted by molar-refractivity contribution is -0.118. The van der Waals surface area contributed by atoms with Crippen molar-refractivity contribution in [3.05, 3.63) is 24.0 Å². The first-order chi connectivity index (χ1) is 8.22. The molecule has 0 aliphatic carbocycles. The van der Waals surface area contributed by atoms with Crippen LogP contribution in [0.4, 0.5) is 10.1 Å². The molecule has 0 fully saturated rings. The molecule has 0 unspecified atom stereocenters. The Morgan fingerprint density at radius 3 is 3.18 bits per heavy atom. The lowest BCUT2D eigenvalue weighted by atomic mass is 10.2. The van der Waals surface area contributed by atoms with E-state index in [1.54, 1.807) is 22.7 Å². The summed E-state index contributed by atoms with van der Waals surface area (Å²) in [5, 5.41) is 2.95. The van der Waals surface area contributed by atoms with E-state index in [0.717, 1.165) is 10.6 Å². The van der Waals surface area contributed by atoms with Crippen LogP contribution in [0.5, 0.6) is 0 Å². The molecule has 0 bridgehead atoms. The molecule has 1 aromatic rings. The van der Waals surface area contributed by atoms with Crippen LogP contribution in [-0.4, -0.2) is 31.8 Å². The van der Waals surface area contributed by atoms with E-state index in [2.05, 4.69) is 5.32 Å². The molecule has 1 heterocycles. The molecule has 2 rings (SSSR count). The number of amides is 1. The van der Waals surface area contributed by atoms with E-state index in [1.165, 1.54) is 12.1 Å². The zero-order chi connectivity index (χ0) is 12.3. The first kappa shape index (κ1) is 12.4. The highest BCUT2D eigenvalue weighted by Crippen LogP contribution is 2.35. The highest BCUT2D eigenvalue weighted by Gasteiger charge is 2.22. The quantitative estimate of drug-likeness (QED) is 0.894. The third kappa shape index (κ3) is 2.79. The number of fused-ring (bicyclic) bond motifs is 1. The number of benzene rings is 1. The largest absolute Gasteiger partial charge is 0.319 e. The van der Waals surface area contributed by atoms with E-state index in [0.29, 0.717) is 25.2 Å². The average Bonchev–Trinajstić information content (AvgIpc) is 2.35. The Balaban J connectivity index is 2.21. The molecular weight excluding hydrogens is 239 g/mol. The van der Waals surface area contributed by atoms with Crippen LogP contribution in [0.2, 0.25) is 0 Å². The summed E-state index contributed by atoms with van der Waals surface area (Å²) in [6.07, 6.45) is 0.442. The first-order valence-corrected chi connectivity index (χ1v) is 6.58. The Hall–Kier alpha value is -1.07. The highest BCUT2D eigenvalue weighted by molar-refractivity contribution is 7.99. The number of hydrogen-bond donors (Lipinski definition) is 1. The number of carbonyl (C=O) groups is 1. The fourth-order valence-corrected chi connectivity index (χ4v) is 2.79. The molecule has 1 amide bonds. The molecule has 1 aliphatic rings. The van der Waals surface area contributed by atoms with Gasteiger partial charge in [-0.15, -0.1) is 11.8 Å². The molecule has 0 saturated heterocycles. The fourth-order valence-electron chi connectivity index (χ4n) is 1.82. The van der Waals surface area contributed by atoms with Crippen molar-refractivity contribution in [3.8, 4) is 0 Å². The topological polar surface area (TPSA) is 32.3 Å². The zero-order valence-corrected chi connectivity index (χ0v) is 10.5. The van der Waals surface area contributed by atoms with Gasteiger partial charge >= 0.3 is 0 Å². The second-order valence-electron chi connectivity index (χ2n) is 3.86. The van der Waals surface area contributed by atoms with Gasteiger partial charge in [0.1, 0.15) is 5.82 Å². The van der Waals surface area contributed by atoms with Gasteiger partial charge in [-0.25, -0.2) is 4.39 Å². The van der Waals surface area contributed by atoms with Gasteiger partial charge in [0, 0.05) is 30.2 Å². The summed E-state index contributed by atoms with van der Waals surface area (Å²) in [5.41, 5.74) is 0.711. The van der Waals surface area contributed by atoms with Crippen LogP contribution >= 0.6 is 11.8 Å². The predicted octanol–water partition coefficient (Wildman–Crippen LogP) is 1.87. The van der Waals surface area contributed by atoms with E-state index in [9.17, 15) is 9.18 Å². The van der Waals surface area contributed by atoms with Gasteiger partial charge in [0.15, 0.2) is 0 Å².